The molecular formula is C16H21ClN4O2. The van der Waals surface area contributed by atoms with Gasteiger partial charge in [-0.25, -0.2) is 4.98 Å². The zero-order chi connectivity index (χ0) is 15.9. The molecule has 0 radical (unpaired) electrons. The summed E-state index contributed by atoms with van der Waals surface area (Å²) in [6.45, 7) is 2.43. The summed E-state index contributed by atoms with van der Waals surface area (Å²) in [5.41, 5.74) is 7.37. The van der Waals surface area contributed by atoms with E-state index in [2.05, 4.69) is 15.3 Å². The van der Waals surface area contributed by atoms with Crippen molar-refractivity contribution in [3.63, 3.8) is 0 Å². The second-order valence-electron chi connectivity index (χ2n) is 4.96. The lowest BCUT2D eigenvalue weighted by molar-refractivity contribution is -0.116. The van der Waals surface area contributed by atoms with Crippen LogP contribution in [0.25, 0.3) is 11.4 Å². The van der Waals surface area contributed by atoms with E-state index < -0.39 is 0 Å². The van der Waals surface area contributed by atoms with Gasteiger partial charge in [0.05, 0.1) is 0 Å². The highest BCUT2D eigenvalue weighted by molar-refractivity contribution is 5.91. The van der Waals surface area contributed by atoms with Crippen LogP contribution >= 0.6 is 12.4 Å². The Balaban J connectivity index is 0.00000264. The van der Waals surface area contributed by atoms with Crippen molar-refractivity contribution in [2.75, 3.05) is 11.9 Å². The number of amides is 1. The third-order valence-corrected chi connectivity index (χ3v) is 3.18. The third kappa shape index (κ3) is 5.50. The van der Waals surface area contributed by atoms with Crippen LogP contribution < -0.4 is 16.6 Å². The molecule has 7 heteroatoms. The number of anilines is 1. The Morgan fingerprint density at radius 1 is 1.35 bits per heavy atom. The molecule has 1 aromatic heterocycles. The van der Waals surface area contributed by atoms with Crippen molar-refractivity contribution in [3.05, 3.63) is 46.4 Å². The van der Waals surface area contributed by atoms with Crippen molar-refractivity contribution in [1.29, 1.82) is 0 Å². The van der Waals surface area contributed by atoms with Crippen LogP contribution in [-0.4, -0.2) is 22.4 Å². The molecule has 0 aliphatic carbocycles. The summed E-state index contributed by atoms with van der Waals surface area (Å²) in [7, 11) is 0. The first-order valence-electron chi connectivity index (χ1n) is 7.33. The molecule has 0 unspecified atom stereocenters. The van der Waals surface area contributed by atoms with Crippen LogP contribution in [0.3, 0.4) is 0 Å². The van der Waals surface area contributed by atoms with Gasteiger partial charge in [-0.1, -0.05) is 19.1 Å². The van der Waals surface area contributed by atoms with Gasteiger partial charge in [-0.05, 0) is 31.5 Å². The molecule has 23 heavy (non-hydrogen) atoms. The van der Waals surface area contributed by atoms with Crippen molar-refractivity contribution >= 4 is 24.0 Å². The minimum absolute atomic E-state index is 0. The molecule has 0 saturated carbocycles. The number of carbonyl (C=O) groups is 1. The topological polar surface area (TPSA) is 101 Å². The molecule has 6 nitrogen and oxygen atoms in total. The highest BCUT2D eigenvalue weighted by Crippen LogP contribution is 2.19. The Morgan fingerprint density at radius 3 is 2.83 bits per heavy atom. The fraction of sp³-hybridized carbons (Fsp3) is 0.312. The second kappa shape index (κ2) is 9.07. The van der Waals surface area contributed by atoms with E-state index in [0.29, 0.717) is 37.3 Å². The van der Waals surface area contributed by atoms with Crippen molar-refractivity contribution in [3.8, 4) is 11.4 Å². The number of halogens is 1. The van der Waals surface area contributed by atoms with Gasteiger partial charge in [0.2, 0.25) is 5.91 Å². The van der Waals surface area contributed by atoms with Crippen LogP contribution in [0.1, 0.15) is 25.5 Å². The van der Waals surface area contributed by atoms with Crippen LogP contribution in [0.4, 0.5) is 5.69 Å². The molecule has 0 atom stereocenters. The fourth-order valence-electron chi connectivity index (χ4n) is 2.06. The molecule has 2 rings (SSSR count). The van der Waals surface area contributed by atoms with E-state index in [-0.39, 0.29) is 23.9 Å². The van der Waals surface area contributed by atoms with E-state index in [1.807, 2.05) is 19.1 Å². The molecule has 0 spiro atoms. The molecule has 1 aromatic carbocycles. The molecule has 0 saturated heterocycles. The Bertz CT molecular complexity index is 715. The standard InChI is InChI=1S/C16H20N4O2.ClH/c1-2-12-10-15(22)20-16(19-12)11-5-3-6-13(9-11)18-14(21)7-4-8-17;/h3,5-6,9-10H,2,4,7-8,17H2,1H3,(H,18,21)(H,19,20,22);1H. The maximum atomic E-state index is 11.7. The maximum Gasteiger partial charge on any atom is 0.251 e. The summed E-state index contributed by atoms with van der Waals surface area (Å²) in [4.78, 5) is 30.5. The summed E-state index contributed by atoms with van der Waals surface area (Å²) < 4.78 is 0. The third-order valence-electron chi connectivity index (χ3n) is 3.18. The van der Waals surface area contributed by atoms with E-state index in [1.54, 1.807) is 12.1 Å². The lowest BCUT2D eigenvalue weighted by atomic mass is 10.1. The number of aromatic amines is 1. The first-order valence-corrected chi connectivity index (χ1v) is 7.33. The number of carbonyl (C=O) groups excluding carboxylic acids is 1. The number of aryl methyl sites for hydroxylation is 1. The predicted octanol–water partition coefficient (Wildman–Crippen LogP) is 2.10. The summed E-state index contributed by atoms with van der Waals surface area (Å²) in [5, 5.41) is 2.82. The van der Waals surface area contributed by atoms with Gasteiger partial charge in [-0.2, -0.15) is 0 Å². The van der Waals surface area contributed by atoms with Crippen LogP contribution in [0.2, 0.25) is 0 Å². The Hall–Kier alpha value is -2.18. The van der Waals surface area contributed by atoms with Crippen molar-refractivity contribution in [2.24, 2.45) is 5.73 Å². The molecule has 0 aliphatic heterocycles. The van der Waals surface area contributed by atoms with E-state index >= 15 is 0 Å². The summed E-state index contributed by atoms with van der Waals surface area (Å²) in [6.07, 6.45) is 1.73. The molecule has 0 aliphatic rings. The highest BCUT2D eigenvalue weighted by Gasteiger charge is 2.06. The minimum atomic E-state index is -0.181. The Morgan fingerprint density at radius 2 is 2.13 bits per heavy atom. The number of H-pyrrole nitrogens is 1. The first-order chi connectivity index (χ1) is 10.6. The molecule has 124 valence electrons. The van der Waals surface area contributed by atoms with Crippen LogP contribution in [-0.2, 0) is 11.2 Å². The summed E-state index contributed by atoms with van der Waals surface area (Å²) in [6, 6.07) is 8.73. The number of hydrogen-bond acceptors (Lipinski definition) is 4. The van der Waals surface area contributed by atoms with Crippen LogP contribution in [0, 0.1) is 0 Å². The van der Waals surface area contributed by atoms with Gasteiger partial charge in [0, 0.05) is 29.4 Å². The van der Waals surface area contributed by atoms with Crippen LogP contribution in [0.15, 0.2) is 35.1 Å². The Labute approximate surface area is 140 Å². The van der Waals surface area contributed by atoms with Gasteiger partial charge < -0.3 is 16.0 Å². The van der Waals surface area contributed by atoms with E-state index in [4.69, 9.17) is 5.73 Å². The largest absolute Gasteiger partial charge is 0.330 e. The van der Waals surface area contributed by atoms with Gasteiger partial charge >= 0.3 is 0 Å². The van der Waals surface area contributed by atoms with Crippen molar-refractivity contribution in [1.82, 2.24) is 9.97 Å². The van der Waals surface area contributed by atoms with E-state index in [0.717, 1.165) is 11.3 Å². The molecule has 0 fully saturated rings. The fourth-order valence-corrected chi connectivity index (χ4v) is 2.06. The number of rotatable bonds is 6. The average Bonchev–Trinajstić information content (AvgIpc) is 2.52. The number of nitrogens with two attached hydrogens (primary N) is 1. The number of benzene rings is 1. The number of hydrogen-bond donors (Lipinski definition) is 3. The SMILES string of the molecule is CCc1cc(=O)[nH]c(-c2cccc(NC(=O)CCCN)c2)n1.Cl. The molecule has 4 N–H and O–H groups in total. The van der Waals surface area contributed by atoms with Gasteiger partial charge in [-0.3, -0.25) is 9.59 Å². The molecule has 0 bridgehead atoms. The van der Waals surface area contributed by atoms with Crippen molar-refractivity contribution in [2.45, 2.75) is 26.2 Å². The quantitative estimate of drug-likeness (QED) is 0.751. The molecule has 2 aromatic rings. The van der Waals surface area contributed by atoms with E-state index in [1.165, 1.54) is 6.07 Å². The molecular weight excluding hydrogens is 316 g/mol. The summed E-state index contributed by atoms with van der Waals surface area (Å²) in [5.74, 6) is 0.425. The first kappa shape index (κ1) is 18.9. The lowest BCUT2D eigenvalue weighted by Gasteiger charge is -2.07. The zero-order valence-corrected chi connectivity index (χ0v) is 13.8. The monoisotopic (exact) mass is 336 g/mol. The second-order valence-corrected chi connectivity index (χ2v) is 4.96. The average molecular weight is 337 g/mol. The number of nitrogens with one attached hydrogen (secondary N) is 2. The van der Waals surface area contributed by atoms with Gasteiger partial charge in [0.1, 0.15) is 5.82 Å². The van der Waals surface area contributed by atoms with Gasteiger partial charge in [0.15, 0.2) is 0 Å². The molecule has 1 amide bonds. The smallest absolute Gasteiger partial charge is 0.251 e. The van der Waals surface area contributed by atoms with Crippen LogP contribution in [0.5, 0.6) is 0 Å². The summed E-state index contributed by atoms with van der Waals surface area (Å²) >= 11 is 0. The minimum Gasteiger partial charge on any atom is -0.330 e. The van der Waals surface area contributed by atoms with Gasteiger partial charge in [0.25, 0.3) is 5.56 Å². The number of aromatic nitrogens is 2. The normalized spacial score (nSPS) is 10.0. The molecule has 1 heterocycles. The van der Waals surface area contributed by atoms with Crippen molar-refractivity contribution < 1.29 is 4.79 Å². The predicted molar refractivity (Wildman–Crippen MR) is 93.8 cm³/mol. The van der Waals surface area contributed by atoms with Gasteiger partial charge in [-0.15, -0.1) is 12.4 Å². The lowest BCUT2D eigenvalue weighted by Crippen LogP contribution is -2.13. The zero-order valence-electron chi connectivity index (χ0n) is 13.0. The Kier molecular flexibility index (Phi) is 7.44. The van der Waals surface area contributed by atoms with E-state index in [9.17, 15) is 9.59 Å². The maximum absolute atomic E-state index is 11.7. The highest BCUT2D eigenvalue weighted by atomic mass is 35.5. The number of nitrogens with zero attached hydrogens (tertiary/aromatic N) is 1.